The van der Waals surface area contributed by atoms with E-state index >= 15 is 0 Å². The number of thiophene rings is 1. The fourth-order valence-corrected chi connectivity index (χ4v) is 4.02. The topological polar surface area (TPSA) is 78.6 Å². The van der Waals surface area contributed by atoms with Crippen molar-refractivity contribution in [3.05, 3.63) is 57.8 Å². The molecule has 0 radical (unpaired) electrons. The fraction of sp³-hybridized carbons (Fsp3) is 0.500. The minimum Gasteiger partial charge on any atom is -0.461 e. The van der Waals surface area contributed by atoms with Gasteiger partial charge < -0.3 is 15.2 Å². The summed E-state index contributed by atoms with van der Waals surface area (Å²) in [5, 5.41) is 0. The molecule has 1 heterocycles. The number of hydrogen-bond acceptors (Lipinski definition) is 6. The van der Waals surface area contributed by atoms with Crippen LogP contribution in [0.25, 0.3) is 0 Å². The molecule has 5 nitrogen and oxygen atoms in total. The number of rotatable bonds is 11. The van der Waals surface area contributed by atoms with E-state index < -0.39 is 11.6 Å². The Balaban J connectivity index is 1.60. The lowest BCUT2D eigenvalue weighted by atomic mass is 10.1. The first kappa shape index (κ1) is 24.1. The molecule has 0 fully saturated rings. The van der Waals surface area contributed by atoms with Crippen LogP contribution in [0.1, 0.15) is 61.8 Å². The van der Waals surface area contributed by atoms with Gasteiger partial charge in [0.25, 0.3) is 0 Å². The number of aryl methyl sites for hydroxylation is 1. The van der Waals surface area contributed by atoms with Crippen molar-refractivity contribution in [3.8, 4) is 0 Å². The van der Waals surface area contributed by atoms with Gasteiger partial charge in [-0.05, 0) is 57.7 Å². The van der Waals surface area contributed by atoms with E-state index in [1.807, 2.05) is 57.2 Å². The molecular weight excluding hydrogens is 398 g/mol. The van der Waals surface area contributed by atoms with Crippen LogP contribution in [0.2, 0.25) is 0 Å². The van der Waals surface area contributed by atoms with Crippen molar-refractivity contribution in [2.24, 2.45) is 5.73 Å². The number of benzene rings is 1. The van der Waals surface area contributed by atoms with Gasteiger partial charge in [0.15, 0.2) is 0 Å². The van der Waals surface area contributed by atoms with Gasteiger partial charge in [0.1, 0.15) is 18.2 Å². The van der Waals surface area contributed by atoms with Gasteiger partial charge in [0, 0.05) is 22.6 Å². The molecule has 0 bridgehead atoms. The van der Waals surface area contributed by atoms with E-state index in [1.165, 1.54) is 4.88 Å². The number of carbonyl (C=O) groups excluding carboxylic acids is 2. The summed E-state index contributed by atoms with van der Waals surface area (Å²) in [6.45, 7) is 5.85. The first-order valence-corrected chi connectivity index (χ1v) is 11.3. The predicted octanol–water partition coefficient (Wildman–Crippen LogP) is 4.81. The number of carbonyl (C=O) groups is 2. The number of unbranched alkanes of at least 4 members (excludes halogenated alkanes) is 2. The van der Waals surface area contributed by atoms with Crippen LogP contribution in [0, 0.1) is 0 Å². The van der Waals surface area contributed by atoms with Crippen molar-refractivity contribution in [1.82, 2.24) is 0 Å². The van der Waals surface area contributed by atoms with Gasteiger partial charge in [-0.15, -0.1) is 11.3 Å². The van der Waals surface area contributed by atoms with Crippen molar-refractivity contribution >= 4 is 23.3 Å². The number of ether oxygens (including phenoxy) is 2. The Morgan fingerprint density at radius 2 is 1.70 bits per heavy atom. The van der Waals surface area contributed by atoms with Crippen molar-refractivity contribution in [1.29, 1.82) is 0 Å². The van der Waals surface area contributed by atoms with Crippen LogP contribution in [-0.2, 0) is 38.5 Å². The molecule has 1 aromatic heterocycles. The van der Waals surface area contributed by atoms with E-state index in [4.69, 9.17) is 15.2 Å². The molecule has 6 heteroatoms. The van der Waals surface area contributed by atoms with Crippen LogP contribution in [0.4, 0.5) is 0 Å². The maximum Gasteiger partial charge on any atom is 0.323 e. The first-order valence-electron chi connectivity index (χ1n) is 10.5. The zero-order chi connectivity index (χ0) is 22.0. The lowest BCUT2D eigenvalue weighted by Gasteiger charge is -2.21. The van der Waals surface area contributed by atoms with Gasteiger partial charge >= 0.3 is 11.9 Å². The third-order valence-corrected chi connectivity index (χ3v) is 5.56. The molecule has 0 aliphatic rings. The molecule has 1 unspecified atom stereocenters. The highest BCUT2D eigenvalue weighted by Gasteiger charge is 2.22. The summed E-state index contributed by atoms with van der Waals surface area (Å²) in [6, 6.07) is 13.2. The molecule has 0 amide bonds. The molecule has 2 N–H and O–H groups in total. The lowest BCUT2D eigenvalue weighted by Crippen LogP contribution is -2.38. The molecule has 0 saturated heterocycles. The summed E-state index contributed by atoms with van der Waals surface area (Å²) in [7, 11) is 0. The third kappa shape index (κ3) is 9.55. The first-order chi connectivity index (χ1) is 14.2. The molecular formula is C24H33NO4S. The average Bonchev–Trinajstić information content (AvgIpc) is 3.12. The molecule has 30 heavy (non-hydrogen) atoms. The van der Waals surface area contributed by atoms with E-state index in [-0.39, 0.29) is 11.9 Å². The third-order valence-electron chi connectivity index (χ3n) is 4.39. The van der Waals surface area contributed by atoms with Gasteiger partial charge in [0.2, 0.25) is 0 Å². The molecule has 2 aromatic rings. The minimum atomic E-state index is -0.641. The highest BCUT2D eigenvalue weighted by Crippen LogP contribution is 2.21. The Morgan fingerprint density at radius 3 is 2.40 bits per heavy atom. The monoisotopic (exact) mass is 431 g/mol. The summed E-state index contributed by atoms with van der Waals surface area (Å²) in [6.07, 6.45) is 4.73. The quantitative estimate of drug-likeness (QED) is 0.408. The Labute approximate surface area is 183 Å². The standard InChI is InChI=1S/C24H33NO4S/c1-24(2,3)29-23(27)21(25)16-20-15-14-19(30-20)12-8-5-9-13-22(26)28-17-18-10-6-4-7-11-18/h4,6-7,10-11,14-15,21H,5,8-9,12-13,16-17,25H2,1-3H3. The second kappa shape index (κ2) is 11.9. The maximum absolute atomic E-state index is 12.0. The highest BCUT2D eigenvalue weighted by atomic mass is 32.1. The molecule has 0 saturated carbocycles. The Hall–Kier alpha value is -2.18. The fourth-order valence-electron chi connectivity index (χ4n) is 2.90. The second-order valence-corrected chi connectivity index (χ2v) is 9.67. The van der Waals surface area contributed by atoms with Crippen LogP contribution in [0.15, 0.2) is 42.5 Å². The Morgan fingerprint density at radius 1 is 1.00 bits per heavy atom. The van der Waals surface area contributed by atoms with Crippen molar-refractivity contribution < 1.29 is 19.1 Å². The smallest absolute Gasteiger partial charge is 0.323 e. The Bertz CT molecular complexity index is 795. The SMILES string of the molecule is CC(C)(C)OC(=O)C(N)Cc1ccc(CCCCCC(=O)OCc2ccccc2)s1. The van der Waals surface area contributed by atoms with Gasteiger partial charge in [-0.1, -0.05) is 36.8 Å². The molecule has 0 aliphatic heterocycles. The Kier molecular flexibility index (Phi) is 9.53. The van der Waals surface area contributed by atoms with Crippen LogP contribution < -0.4 is 5.73 Å². The van der Waals surface area contributed by atoms with Crippen LogP contribution in [0.3, 0.4) is 0 Å². The normalized spacial score (nSPS) is 12.4. The summed E-state index contributed by atoms with van der Waals surface area (Å²) < 4.78 is 10.6. The summed E-state index contributed by atoms with van der Waals surface area (Å²) >= 11 is 1.69. The molecule has 0 spiro atoms. The summed E-state index contributed by atoms with van der Waals surface area (Å²) in [4.78, 5) is 26.2. The second-order valence-electron chi connectivity index (χ2n) is 8.42. The molecule has 1 aromatic carbocycles. The van der Waals surface area contributed by atoms with E-state index in [0.717, 1.165) is 36.1 Å². The van der Waals surface area contributed by atoms with Crippen molar-refractivity contribution in [2.45, 2.75) is 77.5 Å². The zero-order valence-electron chi connectivity index (χ0n) is 18.2. The summed E-state index contributed by atoms with van der Waals surface area (Å²) in [5.74, 6) is -0.509. The van der Waals surface area contributed by atoms with Crippen LogP contribution in [0.5, 0.6) is 0 Å². The van der Waals surface area contributed by atoms with Crippen molar-refractivity contribution in [3.63, 3.8) is 0 Å². The molecule has 0 aliphatic carbocycles. The van der Waals surface area contributed by atoms with Gasteiger partial charge in [-0.3, -0.25) is 9.59 Å². The highest BCUT2D eigenvalue weighted by molar-refractivity contribution is 7.12. The molecule has 2 rings (SSSR count). The van der Waals surface area contributed by atoms with Crippen LogP contribution >= 0.6 is 11.3 Å². The maximum atomic E-state index is 12.0. The molecule has 164 valence electrons. The van der Waals surface area contributed by atoms with Gasteiger partial charge in [-0.25, -0.2) is 0 Å². The predicted molar refractivity (Wildman–Crippen MR) is 120 cm³/mol. The molecule has 1 atom stereocenters. The minimum absolute atomic E-state index is 0.145. The van der Waals surface area contributed by atoms with E-state index in [9.17, 15) is 9.59 Å². The largest absolute Gasteiger partial charge is 0.461 e. The van der Waals surface area contributed by atoms with E-state index in [2.05, 4.69) is 6.07 Å². The average molecular weight is 432 g/mol. The van der Waals surface area contributed by atoms with E-state index in [0.29, 0.717) is 19.4 Å². The number of hydrogen-bond donors (Lipinski definition) is 1. The lowest BCUT2D eigenvalue weighted by molar-refractivity contribution is -0.156. The zero-order valence-corrected chi connectivity index (χ0v) is 19.0. The number of esters is 2. The van der Waals surface area contributed by atoms with Gasteiger partial charge in [-0.2, -0.15) is 0 Å². The summed E-state index contributed by atoms with van der Waals surface area (Å²) in [5.41, 5.74) is 6.46. The van der Waals surface area contributed by atoms with Gasteiger partial charge in [0.05, 0.1) is 0 Å². The number of nitrogens with two attached hydrogens (primary N) is 1. The van der Waals surface area contributed by atoms with E-state index in [1.54, 1.807) is 11.3 Å². The van der Waals surface area contributed by atoms with Crippen molar-refractivity contribution in [2.75, 3.05) is 0 Å². The van der Waals surface area contributed by atoms with Crippen LogP contribution in [-0.4, -0.2) is 23.6 Å².